The predicted octanol–water partition coefficient (Wildman–Crippen LogP) is 2.03. The Morgan fingerprint density at radius 3 is 2.76 bits per heavy atom. The summed E-state index contributed by atoms with van der Waals surface area (Å²) in [7, 11) is 0. The van der Waals surface area contributed by atoms with Crippen LogP contribution in [0.15, 0.2) is 36.9 Å². The van der Waals surface area contributed by atoms with E-state index in [1.165, 1.54) is 12.4 Å². The molecule has 25 heavy (non-hydrogen) atoms. The van der Waals surface area contributed by atoms with Crippen LogP contribution in [0.5, 0.6) is 0 Å². The average molecular weight is 341 g/mol. The van der Waals surface area contributed by atoms with Crippen LogP contribution < -0.4 is 4.90 Å². The summed E-state index contributed by atoms with van der Waals surface area (Å²) in [6.45, 7) is 2.75. The first-order chi connectivity index (χ1) is 12.2. The SMILES string of the molecule is O=C1N(Cc2cccnc2)CC[C@]12CCCN(c1ncc(F)cn1)C2. The molecule has 1 spiro atoms. The predicted molar refractivity (Wildman–Crippen MR) is 90.1 cm³/mol. The van der Waals surface area contributed by atoms with Crippen molar-refractivity contribution in [1.82, 2.24) is 19.9 Å². The Morgan fingerprint density at radius 2 is 2.00 bits per heavy atom. The van der Waals surface area contributed by atoms with Crippen LogP contribution in [0.25, 0.3) is 0 Å². The minimum Gasteiger partial charge on any atom is -0.340 e. The van der Waals surface area contributed by atoms with Crippen molar-refractivity contribution in [2.45, 2.75) is 25.8 Å². The van der Waals surface area contributed by atoms with E-state index in [9.17, 15) is 9.18 Å². The quantitative estimate of drug-likeness (QED) is 0.855. The van der Waals surface area contributed by atoms with E-state index in [1.54, 1.807) is 12.4 Å². The number of likely N-dealkylation sites (tertiary alicyclic amines) is 1. The summed E-state index contributed by atoms with van der Waals surface area (Å²) in [5.41, 5.74) is 0.667. The molecule has 4 heterocycles. The Bertz CT molecular complexity index is 754. The zero-order chi connectivity index (χ0) is 17.3. The molecule has 6 nitrogen and oxygen atoms in total. The van der Waals surface area contributed by atoms with Crippen molar-refractivity contribution in [3.63, 3.8) is 0 Å². The molecular formula is C18H20FN5O. The zero-order valence-electron chi connectivity index (χ0n) is 13.9. The molecule has 1 amide bonds. The fraction of sp³-hybridized carbons (Fsp3) is 0.444. The van der Waals surface area contributed by atoms with Crippen LogP contribution in [0.1, 0.15) is 24.8 Å². The molecule has 2 aliphatic rings. The van der Waals surface area contributed by atoms with Gasteiger partial charge in [-0.05, 0) is 30.9 Å². The number of amides is 1. The largest absolute Gasteiger partial charge is 0.340 e. The van der Waals surface area contributed by atoms with Crippen LogP contribution in [-0.4, -0.2) is 45.4 Å². The standard InChI is InChI=1S/C18H20FN5O/c19-15-10-21-17(22-11-15)24-7-2-4-18(13-24)5-8-23(16(18)25)12-14-3-1-6-20-9-14/h1,3,6,9-11H,2,4-5,7-8,12-13H2/t18-/m0/s1. The van der Waals surface area contributed by atoms with Gasteiger partial charge in [0, 0.05) is 38.6 Å². The number of hydrogen-bond donors (Lipinski definition) is 0. The Kier molecular flexibility index (Phi) is 4.07. The lowest BCUT2D eigenvalue weighted by molar-refractivity contribution is -0.137. The highest BCUT2D eigenvalue weighted by molar-refractivity contribution is 5.85. The van der Waals surface area contributed by atoms with Crippen molar-refractivity contribution < 1.29 is 9.18 Å². The maximum absolute atomic E-state index is 13.1. The van der Waals surface area contributed by atoms with Crippen molar-refractivity contribution in [3.8, 4) is 0 Å². The Hall–Kier alpha value is -2.57. The smallest absolute Gasteiger partial charge is 0.230 e. The van der Waals surface area contributed by atoms with E-state index in [-0.39, 0.29) is 11.3 Å². The van der Waals surface area contributed by atoms with E-state index in [4.69, 9.17) is 0 Å². The van der Waals surface area contributed by atoms with Gasteiger partial charge >= 0.3 is 0 Å². The second-order valence-electron chi connectivity index (χ2n) is 6.84. The average Bonchev–Trinajstić information content (AvgIpc) is 2.93. The number of carbonyl (C=O) groups excluding carboxylic acids is 1. The second-order valence-corrected chi connectivity index (χ2v) is 6.84. The minimum absolute atomic E-state index is 0.197. The molecule has 2 aliphatic heterocycles. The topological polar surface area (TPSA) is 62.2 Å². The molecule has 2 aromatic rings. The number of piperidine rings is 1. The van der Waals surface area contributed by atoms with Crippen LogP contribution in [0.4, 0.5) is 10.3 Å². The van der Waals surface area contributed by atoms with E-state index in [0.29, 0.717) is 19.0 Å². The molecule has 130 valence electrons. The van der Waals surface area contributed by atoms with Crippen LogP contribution in [0.2, 0.25) is 0 Å². The van der Waals surface area contributed by atoms with Gasteiger partial charge in [0.05, 0.1) is 17.8 Å². The molecule has 0 saturated carbocycles. The van der Waals surface area contributed by atoms with Gasteiger partial charge in [-0.25, -0.2) is 14.4 Å². The molecular weight excluding hydrogens is 321 g/mol. The molecule has 0 bridgehead atoms. The van der Waals surface area contributed by atoms with Crippen molar-refractivity contribution in [2.24, 2.45) is 5.41 Å². The van der Waals surface area contributed by atoms with Gasteiger partial charge in [0.2, 0.25) is 11.9 Å². The van der Waals surface area contributed by atoms with E-state index in [0.717, 1.165) is 37.9 Å². The molecule has 2 fully saturated rings. The van der Waals surface area contributed by atoms with Crippen LogP contribution in [-0.2, 0) is 11.3 Å². The maximum atomic E-state index is 13.1. The molecule has 2 aromatic heterocycles. The Morgan fingerprint density at radius 1 is 1.16 bits per heavy atom. The highest BCUT2D eigenvalue weighted by Gasteiger charge is 2.49. The van der Waals surface area contributed by atoms with E-state index in [2.05, 4.69) is 15.0 Å². The number of aromatic nitrogens is 3. The third kappa shape index (κ3) is 3.06. The number of pyridine rings is 1. The first-order valence-corrected chi connectivity index (χ1v) is 8.57. The molecule has 0 N–H and O–H groups in total. The van der Waals surface area contributed by atoms with Gasteiger partial charge in [0.1, 0.15) is 0 Å². The monoisotopic (exact) mass is 341 g/mol. The summed E-state index contributed by atoms with van der Waals surface area (Å²) in [4.78, 5) is 29.3. The third-order valence-electron chi connectivity index (χ3n) is 5.16. The van der Waals surface area contributed by atoms with E-state index in [1.807, 2.05) is 21.9 Å². The van der Waals surface area contributed by atoms with E-state index < -0.39 is 5.82 Å². The number of carbonyl (C=O) groups is 1. The summed E-state index contributed by atoms with van der Waals surface area (Å²) < 4.78 is 13.1. The molecule has 1 atom stereocenters. The Balaban J connectivity index is 1.49. The van der Waals surface area contributed by atoms with Crippen LogP contribution in [0, 0.1) is 11.2 Å². The minimum atomic E-state index is -0.449. The fourth-order valence-electron chi connectivity index (χ4n) is 3.91. The number of nitrogens with zero attached hydrogens (tertiary/aromatic N) is 5. The van der Waals surface area contributed by atoms with Crippen molar-refractivity contribution in [3.05, 3.63) is 48.3 Å². The second kappa shape index (κ2) is 6.38. The fourth-order valence-corrected chi connectivity index (χ4v) is 3.91. The number of anilines is 1. The van der Waals surface area contributed by atoms with Gasteiger partial charge in [0.25, 0.3) is 0 Å². The number of hydrogen-bond acceptors (Lipinski definition) is 5. The van der Waals surface area contributed by atoms with Gasteiger partial charge < -0.3 is 9.80 Å². The van der Waals surface area contributed by atoms with Gasteiger partial charge in [-0.15, -0.1) is 0 Å². The third-order valence-corrected chi connectivity index (χ3v) is 5.16. The lowest BCUT2D eigenvalue weighted by Gasteiger charge is -2.39. The highest BCUT2D eigenvalue weighted by Crippen LogP contribution is 2.41. The first kappa shape index (κ1) is 15.9. The van der Waals surface area contributed by atoms with Crippen molar-refractivity contribution in [2.75, 3.05) is 24.5 Å². The lowest BCUT2D eigenvalue weighted by Crippen LogP contribution is -2.48. The normalized spacial score (nSPS) is 23.5. The van der Waals surface area contributed by atoms with Gasteiger partial charge in [0.15, 0.2) is 5.82 Å². The molecule has 0 aromatic carbocycles. The maximum Gasteiger partial charge on any atom is 0.230 e. The summed E-state index contributed by atoms with van der Waals surface area (Å²) in [6.07, 6.45) is 8.52. The molecule has 4 rings (SSSR count). The van der Waals surface area contributed by atoms with Gasteiger partial charge in [-0.3, -0.25) is 9.78 Å². The van der Waals surface area contributed by atoms with E-state index >= 15 is 0 Å². The van der Waals surface area contributed by atoms with Crippen LogP contribution >= 0.6 is 0 Å². The molecule has 0 aliphatic carbocycles. The number of rotatable bonds is 3. The molecule has 2 saturated heterocycles. The van der Waals surface area contributed by atoms with Crippen molar-refractivity contribution in [1.29, 1.82) is 0 Å². The molecule has 7 heteroatoms. The first-order valence-electron chi connectivity index (χ1n) is 8.57. The summed E-state index contributed by atoms with van der Waals surface area (Å²) in [5, 5.41) is 0. The highest BCUT2D eigenvalue weighted by atomic mass is 19.1. The number of halogens is 1. The molecule has 0 radical (unpaired) electrons. The molecule has 0 unspecified atom stereocenters. The zero-order valence-corrected chi connectivity index (χ0v) is 13.9. The van der Waals surface area contributed by atoms with Gasteiger partial charge in [-0.1, -0.05) is 6.07 Å². The van der Waals surface area contributed by atoms with Crippen LogP contribution in [0.3, 0.4) is 0 Å². The summed E-state index contributed by atoms with van der Waals surface area (Å²) in [6, 6.07) is 3.88. The van der Waals surface area contributed by atoms with Gasteiger partial charge in [-0.2, -0.15) is 0 Å². The lowest BCUT2D eigenvalue weighted by atomic mass is 9.78. The Labute approximate surface area is 145 Å². The van der Waals surface area contributed by atoms with Crippen molar-refractivity contribution >= 4 is 11.9 Å². The summed E-state index contributed by atoms with van der Waals surface area (Å²) >= 11 is 0. The summed E-state index contributed by atoms with van der Waals surface area (Å²) in [5.74, 6) is 0.247.